The summed E-state index contributed by atoms with van der Waals surface area (Å²) in [5.74, 6) is -0.961. The topological polar surface area (TPSA) is 60.9 Å². The SMILES string of the molecule is CCN(CC(=O)O)C(=O)N1CCCC1C. The van der Waals surface area contributed by atoms with E-state index in [0.717, 1.165) is 19.4 Å². The Morgan fingerprint density at radius 3 is 2.60 bits per heavy atom. The smallest absolute Gasteiger partial charge is 0.323 e. The number of hydrogen-bond donors (Lipinski definition) is 1. The Balaban J connectivity index is 2.59. The first kappa shape index (κ1) is 11.8. The van der Waals surface area contributed by atoms with Gasteiger partial charge in [-0.15, -0.1) is 0 Å². The molecule has 1 atom stereocenters. The summed E-state index contributed by atoms with van der Waals surface area (Å²) in [5, 5.41) is 8.66. The van der Waals surface area contributed by atoms with Crippen molar-refractivity contribution in [3.8, 4) is 0 Å². The van der Waals surface area contributed by atoms with E-state index >= 15 is 0 Å². The van der Waals surface area contributed by atoms with Crippen molar-refractivity contribution in [1.82, 2.24) is 9.80 Å². The number of hydrogen-bond acceptors (Lipinski definition) is 2. The largest absolute Gasteiger partial charge is 0.480 e. The molecule has 0 aliphatic carbocycles. The number of amides is 2. The molecule has 86 valence electrons. The second kappa shape index (κ2) is 5.00. The maximum Gasteiger partial charge on any atom is 0.323 e. The molecule has 1 unspecified atom stereocenters. The van der Waals surface area contributed by atoms with Crippen LogP contribution in [0, 0.1) is 0 Å². The molecule has 1 aliphatic rings. The molecule has 1 N–H and O–H groups in total. The van der Waals surface area contributed by atoms with Crippen molar-refractivity contribution in [2.45, 2.75) is 32.7 Å². The number of rotatable bonds is 3. The number of urea groups is 1. The van der Waals surface area contributed by atoms with Gasteiger partial charge in [0.05, 0.1) is 0 Å². The number of likely N-dealkylation sites (N-methyl/N-ethyl adjacent to an activating group) is 1. The van der Waals surface area contributed by atoms with Crippen LogP contribution in [0.25, 0.3) is 0 Å². The zero-order valence-corrected chi connectivity index (χ0v) is 9.27. The lowest BCUT2D eigenvalue weighted by atomic mass is 10.2. The molecule has 1 heterocycles. The van der Waals surface area contributed by atoms with Crippen molar-refractivity contribution in [2.75, 3.05) is 19.6 Å². The molecule has 0 aromatic heterocycles. The van der Waals surface area contributed by atoms with E-state index in [0.29, 0.717) is 6.54 Å². The van der Waals surface area contributed by atoms with Gasteiger partial charge in [0.25, 0.3) is 0 Å². The third-order valence-electron chi connectivity index (χ3n) is 2.78. The minimum absolute atomic E-state index is 0.148. The van der Waals surface area contributed by atoms with E-state index in [2.05, 4.69) is 0 Å². The number of nitrogens with zero attached hydrogens (tertiary/aromatic N) is 2. The van der Waals surface area contributed by atoms with Gasteiger partial charge in [-0.2, -0.15) is 0 Å². The molecule has 0 bridgehead atoms. The Hall–Kier alpha value is -1.26. The van der Waals surface area contributed by atoms with Crippen LogP contribution >= 0.6 is 0 Å². The Kier molecular flexibility index (Phi) is 3.94. The molecule has 1 fully saturated rings. The van der Waals surface area contributed by atoms with E-state index in [1.807, 2.05) is 6.92 Å². The predicted octanol–water partition coefficient (Wildman–Crippen LogP) is 0.997. The Morgan fingerprint density at radius 2 is 2.20 bits per heavy atom. The average Bonchev–Trinajstić information content (AvgIpc) is 2.59. The lowest BCUT2D eigenvalue weighted by molar-refractivity contribution is -0.137. The number of aliphatic carboxylic acids is 1. The molecule has 0 spiro atoms. The molecule has 5 nitrogen and oxygen atoms in total. The first-order chi connectivity index (χ1) is 7.06. The van der Waals surface area contributed by atoms with Crippen LogP contribution in [0.5, 0.6) is 0 Å². The van der Waals surface area contributed by atoms with E-state index < -0.39 is 5.97 Å². The maximum atomic E-state index is 11.9. The van der Waals surface area contributed by atoms with Crippen LogP contribution in [0.3, 0.4) is 0 Å². The normalized spacial score (nSPS) is 20.4. The minimum Gasteiger partial charge on any atom is -0.480 e. The molecule has 1 rings (SSSR count). The predicted molar refractivity (Wildman–Crippen MR) is 55.7 cm³/mol. The van der Waals surface area contributed by atoms with Gasteiger partial charge in [-0.25, -0.2) is 4.79 Å². The van der Waals surface area contributed by atoms with E-state index in [4.69, 9.17) is 5.11 Å². The second-order valence-electron chi connectivity index (χ2n) is 3.88. The van der Waals surface area contributed by atoms with Gasteiger partial charge in [0.2, 0.25) is 0 Å². The van der Waals surface area contributed by atoms with Gasteiger partial charge >= 0.3 is 12.0 Å². The summed E-state index contributed by atoms with van der Waals surface area (Å²) in [6.45, 7) is 4.77. The number of likely N-dealkylation sites (tertiary alicyclic amines) is 1. The third-order valence-corrected chi connectivity index (χ3v) is 2.78. The van der Waals surface area contributed by atoms with Crippen LogP contribution in [0.1, 0.15) is 26.7 Å². The number of carboxylic acids is 1. The maximum absolute atomic E-state index is 11.9. The highest BCUT2D eigenvalue weighted by molar-refractivity contribution is 5.80. The molecule has 0 aromatic rings. The lowest BCUT2D eigenvalue weighted by Crippen LogP contribution is -2.46. The summed E-state index contributed by atoms with van der Waals surface area (Å²) in [7, 11) is 0. The molecule has 15 heavy (non-hydrogen) atoms. The Morgan fingerprint density at radius 1 is 1.53 bits per heavy atom. The van der Waals surface area contributed by atoms with Crippen LogP contribution in [-0.4, -0.2) is 52.6 Å². The first-order valence-corrected chi connectivity index (χ1v) is 5.33. The lowest BCUT2D eigenvalue weighted by Gasteiger charge is -2.28. The van der Waals surface area contributed by atoms with E-state index in [9.17, 15) is 9.59 Å². The van der Waals surface area contributed by atoms with Gasteiger partial charge < -0.3 is 14.9 Å². The fourth-order valence-electron chi connectivity index (χ4n) is 1.88. The highest BCUT2D eigenvalue weighted by Gasteiger charge is 2.28. The number of carboxylic acid groups (broad SMARTS) is 1. The van der Waals surface area contributed by atoms with Crippen molar-refractivity contribution >= 4 is 12.0 Å². The highest BCUT2D eigenvalue weighted by atomic mass is 16.4. The molecule has 1 saturated heterocycles. The van der Waals surface area contributed by atoms with E-state index in [-0.39, 0.29) is 18.6 Å². The van der Waals surface area contributed by atoms with Crippen LogP contribution in [0.4, 0.5) is 4.79 Å². The van der Waals surface area contributed by atoms with Crippen molar-refractivity contribution in [2.24, 2.45) is 0 Å². The Labute approximate surface area is 89.7 Å². The molecule has 0 radical (unpaired) electrons. The van der Waals surface area contributed by atoms with Crippen molar-refractivity contribution < 1.29 is 14.7 Å². The minimum atomic E-state index is -0.961. The van der Waals surface area contributed by atoms with E-state index in [1.165, 1.54) is 4.90 Å². The quantitative estimate of drug-likeness (QED) is 0.762. The molecular formula is C10H18N2O3. The second-order valence-corrected chi connectivity index (χ2v) is 3.88. The van der Waals surface area contributed by atoms with Crippen molar-refractivity contribution in [3.63, 3.8) is 0 Å². The third kappa shape index (κ3) is 2.84. The van der Waals surface area contributed by atoms with Crippen molar-refractivity contribution in [3.05, 3.63) is 0 Å². The van der Waals surface area contributed by atoms with Crippen molar-refractivity contribution in [1.29, 1.82) is 0 Å². The molecule has 1 aliphatic heterocycles. The zero-order valence-electron chi connectivity index (χ0n) is 9.27. The van der Waals surface area contributed by atoms with Gasteiger partial charge in [0.15, 0.2) is 0 Å². The Bertz CT molecular complexity index is 255. The molecule has 5 heteroatoms. The standard InChI is InChI=1S/C10H18N2O3/c1-3-11(7-9(13)14)10(15)12-6-4-5-8(12)2/h8H,3-7H2,1-2H3,(H,13,14). The summed E-state index contributed by atoms with van der Waals surface area (Å²) in [4.78, 5) is 25.6. The molecule has 2 amide bonds. The monoisotopic (exact) mass is 214 g/mol. The van der Waals surface area contributed by atoms with E-state index in [1.54, 1.807) is 11.8 Å². The average molecular weight is 214 g/mol. The van der Waals surface area contributed by atoms with Crippen LogP contribution in [0.2, 0.25) is 0 Å². The number of carbonyl (C=O) groups is 2. The van der Waals surface area contributed by atoms with Gasteiger partial charge in [-0.05, 0) is 26.7 Å². The summed E-state index contributed by atoms with van der Waals surface area (Å²) in [6, 6.07) is 0.0882. The first-order valence-electron chi connectivity index (χ1n) is 5.33. The molecule has 0 aromatic carbocycles. The van der Waals surface area contributed by atoms with Crippen LogP contribution in [-0.2, 0) is 4.79 Å². The van der Waals surface area contributed by atoms with Gasteiger partial charge in [0.1, 0.15) is 6.54 Å². The summed E-state index contributed by atoms with van der Waals surface area (Å²) in [6.07, 6.45) is 2.02. The molecule has 0 saturated carbocycles. The fourth-order valence-corrected chi connectivity index (χ4v) is 1.88. The molecular weight excluding hydrogens is 196 g/mol. The summed E-state index contributed by atoms with van der Waals surface area (Å²) in [5.41, 5.74) is 0. The fraction of sp³-hybridized carbons (Fsp3) is 0.800. The highest BCUT2D eigenvalue weighted by Crippen LogP contribution is 2.18. The van der Waals surface area contributed by atoms with Gasteiger partial charge in [-0.1, -0.05) is 0 Å². The van der Waals surface area contributed by atoms with Crippen LogP contribution in [0.15, 0.2) is 0 Å². The van der Waals surface area contributed by atoms with Crippen LogP contribution < -0.4 is 0 Å². The van der Waals surface area contributed by atoms with Gasteiger partial charge in [0, 0.05) is 19.1 Å². The summed E-state index contributed by atoms with van der Waals surface area (Å²) >= 11 is 0. The summed E-state index contributed by atoms with van der Waals surface area (Å²) < 4.78 is 0. The number of carbonyl (C=O) groups excluding carboxylic acids is 1. The van der Waals surface area contributed by atoms with Gasteiger partial charge in [-0.3, -0.25) is 4.79 Å². The zero-order chi connectivity index (χ0) is 11.4.